The second-order valence-electron chi connectivity index (χ2n) is 4.05. The maximum absolute atomic E-state index is 9.42. The molecule has 0 fully saturated rings. The van der Waals surface area contributed by atoms with Crippen LogP contribution in [-0.4, -0.2) is 36.6 Å². The van der Waals surface area contributed by atoms with Crippen molar-refractivity contribution in [3.8, 4) is 0 Å². The highest BCUT2D eigenvalue weighted by Gasteiger charge is 2.02. The molecule has 0 saturated carbocycles. The average molecular weight is 239 g/mol. The summed E-state index contributed by atoms with van der Waals surface area (Å²) in [6, 6.07) is 7.81. The van der Waals surface area contributed by atoms with Crippen LogP contribution < -0.4 is 5.32 Å². The van der Waals surface area contributed by atoms with Gasteiger partial charge in [-0.05, 0) is 24.1 Å². The number of hydrogen-bond acceptors (Lipinski definition) is 4. The fourth-order valence-electron chi connectivity index (χ4n) is 1.54. The summed E-state index contributed by atoms with van der Waals surface area (Å²) in [6.45, 7) is 1.99. The lowest BCUT2D eigenvalue weighted by Crippen LogP contribution is -2.22. The molecule has 1 aromatic rings. The fourth-order valence-corrected chi connectivity index (χ4v) is 1.54. The van der Waals surface area contributed by atoms with E-state index in [1.165, 1.54) is 5.56 Å². The minimum Gasteiger partial charge on any atom is -0.392 e. The zero-order valence-electron chi connectivity index (χ0n) is 10.2. The van der Waals surface area contributed by atoms with Crippen LogP contribution in [0.3, 0.4) is 0 Å². The molecular formula is C13H21NO3. The smallest absolute Gasteiger partial charge is 0.0785 e. The van der Waals surface area contributed by atoms with Crippen LogP contribution in [0.2, 0.25) is 0 Å². The van der Waals surface area contributed by atoms with E-state index in [4.69, 9.17) is 9.84 Å². The molecule has 0 aliphatic heterocycles. The minimum absolute atomic E-state index is 0.0803. The van der Waals surface area contributed by atoms with Gasteiger partial charge in [0.15, 0.2) is 0 Å². The monoisotopic (exact) mass is 239 g/mol. The molecule has 0 aromatic heterocycles. The summed E-state index contributed by atoms with van der Waals surface area (Å²) in [4.78, 5) is 0. The van der Waals surface area contributed by atoms with Crippen molar-refractivity contribution >= 4 is 0 Å². The highest BCUT2D eigenvalue weighted by Crippen LogP contribution is 2.04. The van der Waals surface area contributed by atoms with Crippen LogP contribution in [0.1, 0.15) is 17.5 Å². The van der Waals surface area contributed by atoms with Gasteiger partial charge in [0.05, 0.1) is 19.3 Å². The van der Waals surface area contributed by atoms with E-state index in [1.54, 1.807) is 7.11 Å². The summed E-state index contributed by atoms with van der Waals surface area (Å²) in [5, 5.41) is 21.6. The molecule has 0 amide bonds. The predicted molar refractivity (Wildman–Crippen MR) is 66.6 cm³/mol. The Morgan fingerprint density at radius 1 is 1.24 bits per heavy atom. The summed E-state index contributed by atoms with van der Waals surface area (Å²) in [5.74, 6) is 0. The molecule has 1 unspecified atom stereocenters. The maximum atomic E-state index is 9.42. The van der Waals surface area contributed by atoms with Crippen molar-refractivity contribution < 1.29 is 14.9 Å². The lowest BCUT2D eigenvalue weighted by molar-refractivity contribution is 0.0594. The summed E-state index contributed by atoms with van der Waals surface area (Å²) in [7, 11) is 1.58. The summed E-state index contributed by atoms with van der Waals surface area (Å²) >= 11 is 0. The molecule has 1 rings (SSSR count). The highest BCUT2D eigenvalue weighted by atomic mass is 16.5. The highest BCUT2D eigenvalue weighted by molar-refractivity contribution is 5.21. The first-order chi connectivity index (χ1) is 8.26. The predicted octanol–water partition coefficient (Wildman–Crippen LogP) is 0.666. The fraction of sp³-hybridized carbons (Fsp3) is 0.538. The van der Waals surface area contributed by atoms with Gasteiger partial charge in [-0.1, -0.05) is 24.3 Å². The molecule has 1 aromatic carbocycles. The van der Waals surface area contributed by atoms with E-state index in [9.17, 15) is 5.11 Å². The third kappa shape index (κ3) is 5.79. The quantitative estimate of drug-likeness (QED) is 0.583. The molecule has 0 radical (unpaired) electrons. The van der Waals surface area contributed by atoms with Crippen molar-refractivity contribution in [2.45, 2.75) is 25.7 Å². The Balaban J connectivity index is 2.17. The summed E-state index contributed by atoms with van der Waals surface area (Å²) in [6.07, 6.45) is 0.284. The van der Waals surface area contributed by atoms with E-state index >= 15 is 0 Å². The Labute approximate surface area is 102 Å². The van der Waals surface area contributed by atoms with E-state index in [1.807, 2.05) is 24.3 Å². The molecule has 0 spiro atoms. The van der Waals surface area contributed by atoms with Crippen LogP contribution in [0, 0.1) is 0 Å². The molecule has 1 atom stereocenters. The van der Waals surface area contributed by atoms with Gasteiger partial charge in [-0.2, -0.15) is 0 Å². The van der Waals surface area contributed by atoms with Crippen molar-refractivity contribution in [3.05, 3.63) is 35.4 Å². The van der Waals surface area contributed by atoms with E-state index in [-0.39, 0.29) is 6.61 Å². The number of aliphatic hydroxyl groups is 2. The van der Waals surface area contributed by atoms with E-state index in [0.29, 0.717) is 13.0 Å². The molecule has 0 bridgehead atoms. The molecular weight excluding hydrogens is 218 g/mol. The number of methoxy groups -OCH3 is 1. The van der Waals surface area contributed by atoms with Crippen LogP contribution in [0.5, 0.6) is 0 Å². The first-order valence-electron chi connectivity index (χ1n) is 5.82. The molecule has 4 heteroatoms. The van der Waals surface area contributed by atoms with Gasteiger partial charge in [0.2, 0.25) is 0 Å². The van der Waals surface area contributed by atoms with Gasteiger partial charge < -0.3 is 20.3 Å². The lowest BCUT2D eigenvalue weighted by atomic mass is 10.1. The number of ether oxygens (including phenoxy) is 1. The van der Waals surface area contributed by atoms with Crippen LogP contribution >= 0.6 is 0 Å². The zero-order chi connectivity index (χ0) is 12.5. The number of rotatable bonds is 8. The van der Waals surface area contributed by atoms with E-state index < -0.39 is 6.10 Å². The number of aliphatic hydroxyl groups excluding tert-OH is 2. The second kappa shape index (κ2) is 8.20. The number of benzene rings is 1. The van der Waals surface area contributed by atoms with Crippen molar-refractivity contribution in [3.63, 3.8) is 0 Å². The van der Waals surface area contributed by atoms with Gasteiger partial charge in [-0.15, -0.1) is 0 Å². The standard InChI is InChI=1S/C13H21NO3/c1-17-10-13(16)6-7-14-8-11-2-4-12(9-15)5-3-11/h2-5,13-16H,6-10H2,1H3. The Kier molecular flexibility index (Phi) is 6.81. The topological polar surface area (TPSA) is 61.7 Å². The van der Waals surface area contributed by atoms with Crippen molar-refractivity contribution in [2.75, 3.05) is 20.3 Å². The summed E-state index contributed by atoms with van der Waals surface area (Å²) < 4.78 is 4.84. The van der Waals surface area contributed by atoms with Crippen LogP contribution in [-0.2, 0) is 17.9 Å². The van der Waals surface area contributed by atoms with E-state index in [0.717, 1.165) is 18.7 Å². The van der Waals surface area contributed by atoms with Gasteiger partial charge in [0, 0.05) is 13.7 Å². The average Bonchev–Trinajstić information content (AvgIpc) is 2.36. The first kappa shape index (κ1) is 14.1. The molecule has 96 valence electrons. The van der Waals surface area contributed by atoms with Gasteiger partial charge in [0.25, 0.3) is 0 Å². The van der Waals surface area contributed by atoms with Crippen LogP contribution in [0.4, 0.5) is 0 Å². The minimum atomic E-state index is -0.399. The van der Waals surface area contributed by atoms with Crippen molar-refractivity contribution in [2.24, 2.45) is 0 Å². The maximum Gasteiger partial charge on any atom is 0.0785 e. The zero-order valence-corrected chi connectivity index (χ0v) is 10.2. The SMILES string of the molecule is COCC(O)CCNCc1ccc(CO)cc1. The Morgan fingerprint density at radius 3 is 2.47 bits per heavy atom. The summed E-state index contributed by atoms with van der Waals surface area (Å²) in [5.41, 5.74) is 2.09. The molecule has 17 heavy (non-hydrogen) atoms. The van der Waals surface area contributed by atoms with Crippen LogP contribution in [0.25, 0.3) is 0 Å². The Hall–Kier alpha value is -0.940. The molecule has 0 heterocycles. The van der Waals surface area contributed by atoms with Gasteiger partial charge >= 0.3 is 0 Å². The largest absolute Gasteiger partial charge is 0.392 e. The van der Waals surface area contributed by atoms with E-state index in [2.05, 4.69) is 5.32 Å². The van der Waals surface area contributed by atoms with Gasteiger partial charge in [-0.3, -0.25) is 0 Å². The molecule has 0 aliphatic carbocycles. The Morgan fingerprint density at radius 2 is 1.88 bits per heavy atom. The lowest BCUT2D eigenvalue weighted by Gasteiger charge is -2.10. The van der Waals surface area contributed by atoms with Gasteiger partial charge in [-0.25, -0.2) is 0 Å². The van der Waals surface area contributed by atoms with Crippen molar-refractivity contribution in [1.29, 1.82) is 0 Å². The normalized spacial score (nSPS) is 12.6. The molecule has 3 N–H and O–H groups in total. The third-order valence-electron chi connectivity index (χ3n) is 2.55. The second-order valence-corrected chi connectivity index (χ2v) is 4.05. The number of hydrogen-bond donors (Lipinski definition) is 3. The molecule has 0 saturated heterocycles. The third-order valence-corrected chi connectivity index (χ3v) is 2.55. The molecule has 4 nitrogen and oxygen atoms in total. The van der Waals surface area contributed by atoms with Crippen LogP contribution in [0.15, 0.2) is 24.3 Å². The Bertz CT molecular complexity index is 300. The van der Waals surface area contributed by atoms with Gasteiger partial charge in [0.1, 0.15) is 0 Å². The number of nitrogens with one attached hydrogen (secondary N) is 1. The molecule has 0 aliphatic rings. The van der Waals surface area contributed by atoms with Crippen molar-refractivity contribution in [1.82, 2.24) is 5.32 Å². The first-order valence-corrected chi connectivity index (χ1v) is 5.82.